The van der Waals surface area contributed by atoms with E-state index in [2.05, 4.69) is 15.4 Å². The van der Waals surface area contributed by atoms with Gasteiger partial charge in [0.2, 0.25) is 9.84 Å². The number of hydrogen-bond acceptors (Lipinski definition) is 5. The number of aromatic nitrogens is 3. The predicted molar refractivity (Wildman–Crippen MR) is 111 cm³/mol. The summed E-state index contributed by atoms with van der Waals surface area (Å²) in [5.41, 5.74) is 1.51. The Bertz CT molecular complexity index is 1080. The van der Waals surface area contributed by atoms with Crippen molar-refractivity contribution in [2.75, 3.05) is 12.4 Å². The molecular weight excluding hydrogens is 419 g/mol. The Morgan fingerprint density at radius 2 is 1.71 bits per heavy atom. The highest BCUT2D eigenvalue weighted by Crippen LogP contribution is 2.34. The topological polar surface area (TPSA) is 76.9 Å². The second kappa shape index (κ2) is 8.11. The highest BCUT2D eigenvalue weighted by molar-refractivity contribution is 7.91. The highest BCUT2D eigenvalue weighted by atomic mass is 35.5. The van der Waals surface area contributed by atoms with Gasteiger partial charge in [0, 0.05) is 47.5 Å². The first kappa shape index (κ1) is 20.6. The van der Waals surface area contributed by atoms with Gasteiger partial charge in [-0.1, -0.05) is 23.2 Å². The minimum absolute atomic E-state index is 0.0328. The lowest BCUT2D eigenvalue weighted by Gasteiger charge is -2.14. The average Bonchev–Trinajstić information content (AvgIpc) is 3.01. The quantitative estimate of drug-likeness (QED) is 0.606. The predicted octanol–water partition coefficient (Wildman–Crippen LogP) is 4.63. The van der Waals surface area contributed by atoms with Crippen molar-refractivity contribution in [1.29, 1.82) is 0 Å². The molecule has 0 saturated carbocycles. The van der Waals surface area contributed by atoms with Crippen LogP contribution in [0.1, 0.15) is 31.0 Å². The summed E-state index contributed by atoms with van der Waals surface area (Å²) >= 11 is 12.1. The van der Waals surface area contributed by atoms with E-state index in [1.54, 1.807) is 19.4 Å². The van der Waals surface area contributed by atoms with Gasteiger partial charge in [-0.15, -0.1) is 0 Å². The number of nitrogens with one attached hydrogen (secondary N) is 1. The van der Waals surface area contributed by atoms with Crippen LogP contribution in [-0.4, -0.2) is 30.2 Å². The fourth-order valence-electron chi connectivity index (χ4n) is 2.95. The number of benzene rings is 1. The molecule has 0 atom stereocenters. The number of nitrogens with zero attached hydrogens (tertiary/aromatic N) is 3. The molecule has 28 heavy (non-hydrogen) atoms. The number of hydrogen-bond donors (Lipinski definition) is 1. The Morgan fingerprint density at radius 3 is 2.25 bits per heavy atom. The first-order valence-electron chi connectivity index (χ1n) is 8.63. The molecule has 148 valence electrons. The van der Waals surface area contributed by atoms with Crippen LogP contribution in [0, 0.1) is 0 Å². The molecule has 1 aromatic carbocycles. The first-order valence-corrected chi connectivity index (χ1v) is 10.9. The van der Waals surface area contributed by atoms with Gasteiger partial charge in [-0.3, -0.25) is 4.98 Å². The lowest BCUT2D eigenvalue weighted by atomic mass is 10.1. The molecule has 1 N–H and O–H groups in total. The van der Waals surface area contributed by atoms with Gasteiger partial charge in [-0.05, 0) is 49.7 Å². The van der Waals surface area contributed by atoms with Crippen molar-refractivity contribution < 1.29 is 8.42 Å². The third kappa shape index (κ3) is 4.01. The van der Waals surface area contributed by atoms with E-state index in [0.29, 0.717) is 17.8 Å². The smallest absolute Gasteiger partial charge is 0.224 e. The summed E-state index contributed by atoms with van der Waals surface area (Å²) in [5.74, 6) is 0.511. The maximum atomic E-state index is 13.6. The minimum Gasteiger partial charge on any atom is -0.371 e. The van der Waals surface area contributed by atoms with Crippen molar-refractivity contribution in [1.82, 2.24) is 14.8 Å². The summed E-state index contributed by atoms with van der Waals surface area (Å²) in [6.07, 6.45) is 3.73. The van der Waals surface area contributed by atoms with Crippen molar-refractivity contribution in [2.24, 2.45) is 0 Å². The number of sulfone groups is 1. The average molecular weight is 439 g/mol. The van der Waals surface area contributed by atoms with E-state index in [0.717, 1.165) is 5.56 Å². The third-order valence-corrected chi connectivity index (χ3v) is 6.45. The van der Waals surface area contributed by atoms with E-state index in [-0.39, 0.29) is 26.0 Å². The van der Waals surface area contributed by atoms with E-state index >= 15 is 0 Å². The molecule has 3 aromatic rings. The number of anilines is 1. The van der Waals surface area contributed by atoms with Gasteiger partial charge >= 0.3 is 0 Å². The number of rotatable bonds is 6. The molecule has 0 amide bonds. The maximum Gasteiger partial charge on any atom is 0.224 e. The van der Waals surface area contributed by atoms with Crippen LogP contribution >= 0.6 is 23.2 Å². The minimum atomic E-state index is -3.92. The van der Waals surface area contributed by atoms with Crippen LogP contribution in [0.25, 0.3) is 0 Å². The van der Waals surface area contributed by atoms with Gasteiger partial charge < -0.3 is 5.32 Å². The molecule has 0 spiro atoms. The van der Waals surface area contributed by atoms with Crippen LogP contribution in [0.2, 0.25) is 10.0 Å². The van der Waals surface area contributed by atoms with Crippen LogP contribution in [-0.2, 0) is 16.3 Å². The Hall–Kier alpha value is -2.09. The van der Waals surface area contributed by atoms with Crippen molar-refractivity contribution >= 4 is 38.9 Å². The fraction of sp³-hybridized carbons (Fsp3) is 0.263. The van der Waals surface area contributed by atoms with Gasteiger partial charge in [0.1, 0.15) is 0 Å². The van der Waals surface area contributed by atoms with Gasteiger partial charge in [0.05, 0.1) is 4.90 Å². The summed E-state index contributed by atoms with van der Waals surface area (Å²) < 4.78 is 28.7. The molecule has 0 fully saturated rings. The number of halogens is 2. The van der Waals surface area contributed by atoms with Gasteiger partial charge in [0.15, 0.2) is 10.8 Å². The summed E-state index contributed by atoms with van der Waals surface area (Å²) in [7, 11) is -2.21. The standard InChI is InChI=1S/C19H20Cl2N4O2S/c1-12(2)25-19(28(26,27)16-10-14(20)9-15(21)11-16)17(18(22-3)24-25)8-13-4-6-23-7-5-13/h4-7,9-12H,8H2,1-3H3,(H,22,24). The van der Waals surface area contributed by atoms with Gasteiger partial charge in [0.25, 0.3) is 0 Å². The first-order chi connectivity index (χ1) is 13.2. The van der Waals surface area contributed by atoms with Crippen LogP contribution in [0.3, 0.4) is 0 Å². The summed E-state index contributed by atoms with van der Waals surface area (Å²) in [6.45, 7) is 3.76. The molecule has 0 unspecified atom stereocenters. The molecule has 2 aromatic heterocycles. The normalized spacial score (nSPS) is 11.8. The van der Waals surface area contributed by atoms with Gasteiger partial charge in [-0.2, -0.15) is 5.10 Å². The molecule has 2 heterocycles. The van der Waals surface area contributed by atoms with Crippen molar-refractivity contribution in [3.8, 4) is 0 Å². The van der Waals surface area contributed by atoms with Crippen molar-refractivity contribution in [3.63, 3.8) is 0 Å². The van der Waals surface area contributed by atoms with E-state index in [9.17, 15) is 8.42 Å². The van der Waals surface area contributed by atoms with E-state index in [4.69, 9.17) is 23.2 Å². The zero-order valence-corrected chi connectivity index (χ0v) is 18.0. The van der Waals surface area contributed by atoms with Crippen LogP contribution in [0.4, 0.5) is 5.82 Å². The van der Waals surface area contributed by atoms with Crippen LogP contribution < -0.4 is 5.32 Å². The Morgan fingerprint density at radius 1 is 1.11 bits per heavy atom. The van der Waals surface area contributed by atoms with Crippen molar-refractivity contribution in [3.05, 3.63) is 63.9 Å². The fourth-order valence-corrected chi connectivity index (χ4v) is 5.38. The van der Waals surface area contributed by atoms with E-state index in [1.165, 1.54) is 22.9 Å². The van der Waals surface area contributed by atoms with Crippen molar-refractivity contribution in [2.45, 2.75) is 36.2 Å². The van der Waals surface area contributed by atoms with Crippen LogP contribution in [0.15, 0.2) is 52.6 Å². The lowest BCUT2D eigenvalue weighted by Crippen LogP contribution is -2.15. The molecule has 6 nitrogen and oxygen atoms in total. The third-order valence-electron chi connectivity index (χ3n) is 4.22. The van der Waals surface area contributed by atoms with E-state index < -0.39 is 9.84 Å². The van der Waals surface area contributed by atoms with Gasteiger partial charge in [-0.25, -0.2) is 13.1 Å². The zero-order valence-electron chi connectivity index (χ0n) is 15.6. The molecule has 0 bridgehead atoms. The Kier molecular flexibility index (Phi) is 5.98. The summed E-state index contributed by atoms with van der Waals surface area (Å²) in [4.78, 5) is 4.05. The zero-order chi connectivity index (χ0) is 20.5. The molecule has 0 aliphatic carbocycles. The largest absolute Gasteiger partial charge is 0.371 e. The van der Waals surface area contributed by atoms with E-state index in [1.807, 2.05) is 26.0 Å². The molecule has 0 aliphatic rings. The Balaban J connectivity index is 2.26. The second-order valence-electron chi connectivity index (χ2n) is 6.56. The highest BCUT2D eigenvalue weighted by Gasteiger charge is 2.31. The number of pyridine rings is 1. The molecule has 3 rings (SSSR count). The molecular formula is C19H20Cl2N4O2S. The molecule has 9 heteroatoms. The van der Waals surface area contributed by atoms with Crippen LogP contribution in [0.5, 0.6) is 0 Å². The summed E-state index contributed by atoms with van der Waals surface area (Å²) in [6, 6.07) is 7.82. The Labute approximate surface area is 174 Å². The SMILES string of the molecule is CNc1nn(C(C)C)c(S(=O)(=O)c2cc(Cl)cc(Cl)c2)c1Cc1ccncc1. The molecule has 0 radical (unpaired) electrons. The monoisotopic (exact) mass is 438 g/mol. The second-order valence-corrected chi connectivity index (χ2v) is 9.30. The molecule has 0 aliphatic heterocycles. The molecule has 0 saturated heterocycles. The summed E-state index contributed by atoms with van der Waals surface area (Å²) in [5, 5.41) is 8.16. The maximum absolute atomic E-state index is 13.6. The lowest BCUT2D eigenvalue weighted by molar-refractivity contribution is 0.477.